The second-order valence-electron chi connectivity index (χ2n) is 6.05. The maximum absolute atomic E-state index is 13.7. The van der Waals surface area contributed by atoms with E-state index in [1.165, 1.54) is 19.2 Å². The molecule has 0 aliphatic carbocycles. The van der Waals surface area contributed by atoms with Crippen molar-refractivity contribution in [2.75, 3.05) is 33.3 Å². The standard InChI is InChI=1S/C19H20FN3O3/c1-26-17-3-2-14(12-16(17)20)13-18(24)22-8-10-23(11-9-22)19(25)15-4-6-21-7-5-15/h2-7,12H,8-11,13H2,1H3. The van der Waals surface area contributed by atoms with Gasteiger partial charge in [0.25, 0.3) is 5.91 Å². The van der Waals surface area contributed by atoms with Crippen LogP contribution in [0.5, 0.6) is 5.75 Å². The van der Waals surface area contributed by atoms with E-state index in [4.69, 9.17) is 4.74 Å². The molecule has 0 N–H and O–H groups in total. The number of piperazine rings is 1. The summed E-state index contributed by atoms with van der Waals surface area (Å²) in [7, 11) is 1.40. The van der Waals surface area contributed by atoms with E-state index in [1.807, 2.05) is 0 Å². The van der Waals surface area contributed by atoms with Gasteiger partial charge in [-0.05, 0) is 29.8 Å². The first kappa shape index (κ1) is 17.8. The third kappa shape index (κ3) is 3.99. The molecule has 0 unspecified atom stereocenters. The summed E-state index contributed by atoms with van der Waals surface area (Å²) >= 11 is 0. The molecule has 1 aromatic heterocycles. The number of pyridine rings is 1. The van der Waals surface area contributed by atoms with Crippen molar-refractivity contribution in [1.29, 1.82) is 0 Å². The molecule has 1 aliphatic heterocycles. The molecule has 2 heterocycles. The van der Waals surface area contributed by atoms with Crippen molar-refractivity contribution >= 4 is 11.8 Å². The fourth-order valence-electron chi connectivity index (χ4n) is 2.94. The van der Waals surface area contributed by atoms with Crippen LogP contribution < -0.4 is 4.74 Å². The van der Waals surface area contributed by atoms with E-state index in [-0.39, 0.29) is 24.0 Å². The number of aromatic nitrogens is 1. The number of nitrogens with zero attached hydrogens (tertiary/aromatic N) is 3. The molecule has 1 fully saturated rings. The van der Waals surface area contributed by atoms with Gasteiger partial charge in [-0.15, -0.1) is 0 Å². The van der Waals surface area contributed by atoms with E-state index in [1.54, 1.807) is 40.4 Å². The first-order chi connectivity index (χ1) is 12.6. The average molecular weight is 357 g/mol. The van der Waals surface area contributed by atoms with Crippen LogP contribution in [0.15, 0.2) is 42.7 Å². The first-order valence-electron chi connectivity index (χ1n) is 8.38. The normalized spacial score (nSPS) is 14.2. The molecule has 2 amide bonds. The number of carbonyl (C=O) groups excluding carboxylic acids is 2. The summed E-state index contributed by atoms with van der Waals surface area (Å²) < 4.78 is 18.6. The summed E-state index contributed by atoms with van der Waals surface area (Å²) in [5, 5.41) is 0. The summed E-state index contributed by atoms with van der Waals surface area (Å²) in [6.45, 7) is 1.89. The zero-order chi connectivity index (χ0) is 18.5. The molecular formula is C19H20FN3O3. The highest BCUT2D eigenvalue weighted by Gasteiger charge is 2.25. The summed E-state index contributed by atoms with van der Waals surface area (Å²) in [5.74, 6) is -0.461. The number of hydrogen-bond acceptors (Lipinski definition) is 4. The Morgan fingerprint density at radius 3 is 2.35 bits per heavy atom. The van der Waals surface area contributed by atoms with E-state index < -0.39 is 5.82 Å². The van der Waals surface area contributed by atoms with Gasteiger partial charge in [-0.2, -0.15) is 0 Å². The van der Waals surface area contributed by atoms with Crippen LogP contribution in [0.1, 0.15) is 15.9 Å². The molecule has 0 radical (unpaired) electrons. The fourth-order valence-corrected chi connectivity index (χ4v) is 2.94. The number of rotatable bonds is 4. The molecule has 7 heteroatoms. The molecule has 0 saturated carbocycles. The summed E-state index contributed by atoms with van der Waals surface area (Å²) in [6, 6.07) is 7.88. The summed E-state index contributed by atoms with van der Waals surface area (Å²) in [4.78, 5) is 32.2. The largest absolute Gasteiger partial charge is 0.494 e. The molecule has 1 aromatic carbocycles. The van der Waals surface area contributed by atoms with E-state index >= 15 is 0 Å². The van der Waals surface area contributed by atoms with Gasteiger partial charge in [-0.25, -0.2) is 4.39 Å². The highest BCUT2D eigenvalue weighted by Crippen LogP contribution is 2.18. The average Bonchev–Trinajstić information content (AvgIpc) is 2.68. The summed E-state index contributed by atoms with van der Waals surface area (Å²) in [5.41, 5.74) is 1.19. The van der Waals surface area contributed by atoms with Gasteiger partial charge in [0.15, 0.2) is 11.6 Å². The topological polar surface area (TPSA) is 62.7 Å². The molecule has 2 aromatic rings. The highest BCUT2D eigenvalue weighted by molar-refractivity contribution is 5.94. The van der Waals surface area contributed by atoms with Crippen LogP contribution in [0.25, 0.3) is 0 Å². The van der Waals surface area contributed by atoms with Crippen molar-refractivity contribution in [2.45, 2.75) is 6.42 Å². The zero-order valence-corrected chi connectivity index (χ0v) is 14.5. The molecule has 1 saturated heterocycles. The lowest BCUT2D eigenvalue weighted by Crippen LogP contribution is -2.51. The van der Waals surface area contributed by atoms with E-state index in [9.17, 15) is 14.0 Å². The number of methoxy groups -OCH3 is 1. The van der Waals surface area contributed by atoms with Gasteiger partial charge in [0, 0.05) is 44.1 Å². The second kappa shape index (κ2) is 7.95. The zero-order valence-electron chi connectivity index (χ0n) is 14.5. The van der Waals surface area contributed by atoms with Crippen molar-refractivity contribution in [1.82, 2.24) is 14.8 Å². The Morgan fingerprint density at radius 1 is 1.08 bits per heavy atom. The van der Waals surface area contributed by atoms with Crippen molar-refractivity contribution in [3.05, 3.63) is 59.7 Å². The smallest absolute Gasteiger partial charge is 0.254 e. The lowest BCUT2D eigenvalue weighted by molar-refractivity contribution is -0.131. The van der Waals surface area contributed by atoms with Crippen molar-refractivity contribution in [3.63, 3.8) is 0 Å². The van der Waals surface area contributed by atoms with Gasteiger partial charge in [0.05, 0.1) is 13.5 Å². The van der Waals surface area contributed by atoms with Crippen LogP contribution in [-0.4, -0.2) is 59.9 Å². The van der Waals surface area contributed by atoms with E-state index in [0.717, 1.165) is 0 Å². The molecule has 3 rings (SSSR count). The Bertz CT molecular complexity index is 790. The van der Waals surface area contributed by atoms with Gasteiger partial charge in [0.1, 0.15) is 0 Å². The van der Waals surface area contributed by atoms with Gasteiger partial charge < -0.3 is 14.5 Å². The maximum atomic E-state index is 13.7. The fraction of sp³-hybridized carbons (Fsp3) is 0.316. The van der Waals surface area contributed by atoms with Gasteiger partial charge in [-0.3, -0.25) is 14.6 Å². The quantitative estimate of drug-likeness (QED) is 0.836. The van der Waals surface area contributed by atoms with Crippen LogP contribution >= 0.6 is 0 Å². The van der Waals surface area contributed by atoms with Crippen LogP contribution in [0.4, 0.5) is 4.39 Å². The van der Waals surface area contributed by atoms with Crippen LogP contribution in [0, 0.1) is 5.82 Å². The molecule has 136 valence electrons. The molecule has 1 aliphatic rings. The second-order valence-corrected chi connectivity index (χ2v) is 6.05. The maximum Gasteiger partial charge on any atom is 0.254 e. The predicted molar refractivity (Wildman–Crippen MR) is 93.4 cm³/mol. The van der Waals surface area contributed by atoms with Crippen LogP contribution in [-0.2, 0) is 11.2 Å². The summed E-state index contributed by atoms with van der Waals surface area (Å²) in [6.07, 6.45) is 3.29. The number of halogens is 1. The van der Waals surface area contributed by atoms with Gasteiger partial charge in [-0.1, -0.05) is 6.07 Å². The molecule has 0 bridgehead atoms. The monoisotopic (exact) mass is 357 g/mol. The van der Waals surface area contributed by atoms with Crippen molar-refractivity contribution < 1.29 is 18.7 Å². The minimum absolute atomic E-state index is 0.0586. The number of amides is 2. The number of benzene rings is 1. The van der Waals surface area contributed by atoms with Crippen LogP contribution in [0.2, 0.25) is 0 Å². The van der Waals surface area contributed by atoms with Crippen LogP contribution in [0.3, 0.4) is 0 Å². The van der Waals surface area contributed by atoms with Crippen molar-refractivity contribution in [2.24, 2.45) is 0 Å². The molecular weight excluding hydrogens is 337 g/mol. The predicted octanol–water partition coefficient (Wildman–Crippen LogP) is 1.76. The molecule has 26 heavy (non-hydrogen) atoms. The number of carbonyl (C=O) groups is 2. The minimum atomic E-state index is -0.481. The third-order valence-corrected chi connectivity index (χ3v) is 4.42. The van der Waals surface area contributed by atoms with Gasteiger partial charge in [0.2, 0.25) is 5.91 Å². The van der Waals surface area contributed by atoms with Crippen molar-refractivity contribution in [3.8, 4) is 5.75 Å². The lowest BCUT2D eigenvalue weighted by atomic mass is 10.1. The SMILES string of the molecule is COc1ccc(CC(=O)N2CCN(C(=O)c3ccncc3)CC2)cc1F. The van der Waals surface area contributed by atoms with E-state index in [0.29, 0.717) is 37.3 Å². The Labute approximate surface area is 151 Å². The van der Waals surface area contributed by atoms with Gasteiger partial charge >= 0.3 is 0 Å². The number of ether oxygens (including phenoxy) is 1. The highest BCUT2D eigenvalue weighted by atomic mass is 19.1. The third-order valence-electron chi connectivity index (χ3n) is 4.42. The molecule has 6 nitrogen and oxygen atoms in total. The number of hydrogen-bond donors (Lipinski definition) is 0. The Hall–Kier alpha value is -2.96. The first-order valence-corrected chi connectivity index (χ1v) is 8.38. The Balaban J connectivity index is 1.55. The Morgan fingerprint density at radius 2 is 1.73 bits per heavy atom. The molecule has 0 atom stereocenters. The minimum Gasteiger partial charge on any atom is -0.494 e. The molecule has 0 spiro atoms. The Kier molecular flexibility index (Phi) is 5.46. The lowest BCUT2D eigenvalue weighted by Gasteiger charge is -2.35. The van der Waals surface area contributed by atoms with E-state index in [2.05, 4.69) is 4.98 Å².